The summed E-state index contributed by atoms with van der Waals surface area (Å²) >= 11 is 2.03. The number of ether oxygens (including phenoxy) is 1. The molecular weight excluding hydrogens is 192 g/mol. The Balaban J connectivity index is 1.95. The maximum atomic E-state index is 5.52. The Hall–Kier alpha value is 0.310. The van der Waals surface area contributed by atoms with Crippen LogP contribution in [0.25, 0.3) is 0 Å². The summed E-state index contributed by atoms with van der Waals surface area (Å²) in [5.74, 6) is 0. The van der Waals surface area contributed by atoms with Gasteiger partial charge in [-0.2, -0.15) is 0 Å². The highest BCUT2D eigenvalue weighted by atomic mass is 32.2. The lowest BCUT2D eigenvalue weighted by Crippen LogP contribution is -2.20. The number of hydrogen-bond acceptors (Lipinski definition) is 2. The van der Waals surface area contributed by atoms with Gasteiger partial charge in [0.05, 0.1) is 0 Å². The second-order valence-corrected chi connectivity index (χ2v) is 5.79. The van der Waals surface area contributed by atoms with Gasteiger partial charge in [-0.3, -0.25) is 0 Å². The number of hydrogen-bond donors (Lipinski definition) is 0. The van der Waals surface area contributed by atoms with Crippen molar-refractivity contribution in [1.82, 2.24) is 0 Å². The number of thioether (sulfide) groups is 1. The molecule has 0 bridgehead atoms. The molecule has 2 unspecified atom stereocenters. The van der Waals surface area contributed by atoms with Gasteiger partial charge in [0.15, 0.2) is 0 Å². The zero-order valence-electron chi connectivity index (χ0n) is 9.63. The van der Waals surface area contributed by atoms with Crippen LogP contribution in [0.1, 0.15) is 58.8 Å². The van der Waals surface area contributed by atoms with E-state index < -0.39 is 0 Å². The molecule has 2 heteroatoms. The average molecular weight is 216 g/mol. The van der Waals surface area contributed by atoms with Crippen molar-refractivity contribution in [2.24, 2.45) is 0 Å². The third-order valence-electron chi connectivity index (χ3n) is 2.81. The van der Waals surface area contributed by atoms with Crippen LogP contribution in [0, 0.1) is 0 Å². The molecule has 0 aliphatic carbocycles. The van der Waals surface area contributed by atoms with Crippen molar-refractivity contribution in [2.45, 2.75) is 69.5 Å². The van der Waals surface area contributed by atoms with Crippen molar-refractivity contribution < 1.29 is 4.74 Å². The van der Waals surface area contributed by atoms with E-state index in [-0.39, 0.29) is 0 Å². The van der Waals surface area contributed by atoms with E-state index in [9.17, 15) is 0 Å². The lowest BCUT2D eigenvalue weighted by atomic mass is 10.1. The van der Waals surface area contributed by atoms with E-state index in [1.165, 1.54) is 44.9 Å². The smallest absolute Gasteiger partial charge is 0.100 e. The summed E-state index contributed by atoms with van der Waals surface area (Å²) in [6, 6.07) is 0. The molecule has 0 radical (unpaired) electrons. The minimum absolute atomic E-state index is 0.435. The van der Waals surface area contributed by atoms with Gasteiger partial charge >= 0.3 is 0 Å². The monoisotopic (exact) mass is 216 g/mol. The fourth-order valence-corrected chi connectivity index (χ4v) is 3.18. The molecule has 1 fully saturated rings. The largest absolute Gasteiger partial charge is 0.368 e. The van der Waals surface area contributed by atoms with Gasteiger partial charge in [-0.15, -0.1) is 11.8 Å². The van der Waals surface area contributed by atoms with E-state index in [1.54, 1.807) is 0 Å². The Morgan fingerprint density at radius 2 is 2.00 bits per heavy atom. The molecule has 0 aromatic rings. The minimum atomic E-state index is 0.435. The summed E-state index contributed by atoms with van der Waals surface area (Å²) in [7, 11) is 0. The highest BCUT2D eigenvalue weighted by Gasteiger charge is 2.18. The molecule has 1 aliphatic rings. The van der Waals surface area contributed by atoms with Crippen LogP contribution < -0.4 is 0 Å². The Kier molecular flexibility index (Phi) is 6.70. The molecule has 0 saturated carbocycles. The van der Waals surface area contributed by atoms with Crippen molar-refractivity contribution in [3.8, 4) is 0 Å². The Labute approximate surface area is 93.0 Å². The zero-order valence-corrected chi connectivity index (χ0v) is 10.4. The molecule has 0 N–H and O–H groups in total. The van der Waals surface area contributed by atoms with Gasteiger partial charge in [-0.1, -0.05) is 39.0 Å². The van der Waals surface area contributed by atoms with Gasteiger partial charge in [0.1, 0.15) is 5.44 Å². The molecule has 0 spiro atoms. The van der Waals surface area contributed by atoms with E-state index in [1.807, 2.05) is 11.8 Å². The summed E-state index contributed by atoms with van der Waals surface area (Å²) in [6.45, 7) is 5.43. The molecule has 1 aliphatic heterocycles. The van der Waals surface area contributed by atoms with E-state index in [0.29, 0.717) is 5.44 Å². The summed E-state index contributed by atoms with van der Waals surface area (Å²) in [6.07, 6.45) is 9.72. The molecule has 1 nitrogen and oxygen atoms in total. The highest BCUT2D eigenvalue weighted by molar-refractivity contribution is 8.00. The third kappa shape index (κ3) is 5.26. The van der Waals surface area contributed by atoms with Crippen molar-refractivity contribution in [3.05, 3.63) is 0 Å². The lowest BCUT2D eigenvalue weighted by molar-refractivity contribution is 0.110. The second-order valence-electron chi connectivity index (χ2n) is 4.19. The second kappa shape index (κ2) is 7.58. The molecule has 2 atom stereocenters. The normalized spacial score (nSPS) is 27.9. The fourth-order valence-electron chi connectivity index (χ4n) is 1.93. The topological polar surface area (TPSA) is 9.23 Å². The molecule has 0 aromatic carbocycles. The maximum absolute atomic E-state index is 5.52. The van der Waals surface area contributed by atoms with Crippen molar-refractivity contribution >= 4 is 11.8 Å². The van der Waals surface area contributed by atoms with Crippen molar-refractivity contribution in [3.63, 3.8) is 0 Å². The van der Waals surface area contributed by atoms with Gasteiger partial charge in [0.25, 0.3) is 0 Å². The first-order valence-electron chi connectivity index (χ1n) is 6.10. The fraction of sp³-hybridized carbons (Fsp3) is 1.00. The van der Waals surface area contributed by atoms with Crippen molar-refractivity contribution in [1.29, 1.82) is 0 Å². The highest BCUT2D eigenvalue weighted by Crippen LogP contribution is 2.30. The molecule has 1 heterocycles. The Morgan fingerprint density at radius 3 is 2.71 bits per heavy atom. The van der Waals surface area contributed by atoms with Crippen LogP contribution in [0.15, 0.2) is 0 Å². The zero-order chi connectivity index (χ0) is 10.2. The summed E-state index contributed by atoms with van der Waals surface area (Å²) in [5.41, 5.74) is 0.435. The first kappa shape index (κ1) is 12.4. The van der Waals surface area contributed by atoms with Crippen LogP contribution >= 0.6 is 11.8 Å². The van der Waals surface area contributed by atoms with Gasteiger partial charge in [0, 0.05) is 11.9 Å². The summed E-state index contributed by atoms with van der Waals surface area (Å²) in [4.78, 5) is 0. The van der Waals surface area contributed by atoms with Crippen LogP contribution in [-0.4, -0.2) is 17.3 Å². The van der Waals surface area contributed by atoms with Crippen LogP contribution in [0.4, 0.5) is 0 Å². The first-order chi connectivity index (χ1) is 6.83. The van der Waals surface area contributed by atoms with Crippen LogP contribution in [-0.2, 0) is 4.74 Å². The molecular formula is C12H24OS. The van der Waals surface area contributed by atoms with Crippen LogP contribution in [0.2, 0.25) is 0 Å². The first-order valence-corrected chi connectivity index (χ1v) is 7.04. The van der Waals surface area contributed by atoms with E-state index in [4.69, 9.17) is 4.74 Å². The van der Waals surface area contributed by atoms with E-state index in [2.05, 4.69) is 13.8 Å². The van der Waals surface area contributed by atoms with Crippen LogP contribution in [0.5, 0.6) is 0 Å². The summed E-state index contributed by atoms with van der Waals surface area (Å²) in [5, 5.41) is 0.875. The molecule has 1 rings (SSSR count). The predicted molar refractivity (Wildman–Crippen MR) is 64.8 cm³/mol. The molecule has 84 valence electrons. The van der Waals surface area contributed by atoms with Crippen LogP contribution in [0.3, 0.4) is 0 Å². The predicted octanol–water partition coefficient (Wildman–Crippen LogP) is 4.22. The molecule has 1 saturated heterocycles. The Morgan fingerprint density at radius 1 is 1.21 bits per heavy atom. The van der Waals surface area contributed by atoms with Gasteiger partial charge < -0.3 is 4.74 Å². The van der Waals surface area contributed by atoms with Gasteiger partial charge in [-0.25, -0.2) is 0 Å². The van der Waals surface area contributed by atoms with E-state index >= 15 is 0 Å². The number of unbranched alkanes of at least 4 members (excludes halogenated alkanes) is 4. The van der Waals surface area contributed by atoms with Gasteiger partial charge in [-0.05, 0) is 19.8 Å². The molecule has 14 heavy (non-hydrogen) atoms. The molecule has 0 amide bonds. The standard InChI is InChI=1S/C12H24OS/c1-3-4-5-6-7-8-12-9-10-13-11(2)14-12/h11-12H,3-10H2,1-2H3. The maximum Gasteiger partial charge on any atom is 0.100 e. The summed E-state index contributed by atoms with van der Waals surface area (Å²) < 4.78 is 5.52. The number of rotatable bonds is 6. The quantitative estimate of drug-likeness (QED) is 0.615. The SMILES string of the molecule is CCCCCCCC1CCOC(C)S1. The average Bonchev–Trinajstić information content (AvgIpc) is 2.18. The van der Waals surface area contributed by atoms with E-state index in [0.717, 1.165) is 11.9 Å². The van der Waals surface area contributed by atoms with Crippen molar-refractivity contribution in [2.75, 3.05) is 6.61 Å². The Bertz CT molecular complexity index is 138. The third-order valence-corrected chi connectivity index (χ3v) is 4.18. The molecule has 0 aromatic heterocycles. The van der Waals surface area contributed by atoms with Gasteiger partial charge in [0.2, 0.25) is 0 Å². The lowest BCUT2D eigenvalue weighted by Gasteiger charge is -2.26. The minimum Gasteiger partial charge on any atom is -0.368 e.